The minimum Gasteiger partial charge on any atom is -0.462 e. The molecule has 18 nitrogen and oxygen atoms in total. The van der Waals surface area contributed by atoms with E-state index in [1.807, 2.05) is 12.2 Å². The molecule has 1 saturated carbocycles. The van der Waals surface area contributed by atoms with Gasteiger partial charge in [0.25, 0.3) is 0 Å². The van der Waals surface area contributed by atoms with Crippen LogP contribution in [0.25, 0.3) is 0 Å². The fourth-order valence-electron chi connectivity index (χ4n) is 7.58. The number of allylic oxidation sites excluding steroid dienone is 1. The van der Waals surface area contributed by atoms with Crippen LogP contribution >= 0.6 is 15.6 Å². The average Bonchev–Trinajstić information content (AvgIpc) is 3.25. The molecule has 1 aliphatic rings. The van der Waals surface area contributed by atoms with Crippen LogP contribution in [-0.4, -0.2) is 125 Å². The van der Waals surface area contributed by atoms with Crippen molar-refractivity contribution in [1.29, 1.82) is 0 Å². The van der Waals surface area contributed by atoms with E-state index in [9.17, 15) is 64.0 Å². The molecule has 9 N–H and O–H groups in total. The van der Waals surface area contributed by atoms with Crippen molar-refractivity contribution in [2.45, 2.75) is 249 Å². The van der Waals surface area contributed by atoms with Crippen molar-refractivity contribution in [3.8, 4) is 0 Å². The van der Waals surface area contributed by atoms with Gasteiger partial charge in [-0.1, -0.05) is 154 Å². The molecule has 0 amide bonds. The fraction of sp³-hybridized carbons (Fsp3) is 0.911. The van der Waals surface area contributed by atoms with Gasteiger partial charge in [-0.15, -0.1) is 0 Å². The van der Waals surface area contributed by atoms with Crippen LogP contribution in [-0.2, 0) is 41.8 Å². The maximum Gasteiger partial charge on any atom is 0.472 e. The predicted molar refractivity (Wildman–Crippen MR) is 244 cm³/mol. The third kappa shape index (κ3) is 30.7. The molecule has 0 aliphatic heterocycles. The van der Waals surface area contributed by atoms with Crippen LogP contribution in [0.4, 0.5) is 0 Å². The minimum absolute atomic E-state index is 0.0176. The number of carbonyl (C=O) groups is 2. The van der Waals surface area contributed by atoms with E-state index in [-0.39, 0.29) is 12.8 Å². The number of ether oxygens (including phenoxy) is 2. The molecule has 10 atom stereocenters. The van der Waals surface area contributed by atoms with Crippen LogP contribution in [0.1, 0.15) is 194 Å². The van der Waals surface area contributed by atoms with Crippen molar-refractivity contribution in [2.75, 3.05) is 13.2 Å². The minimum atomic E-state index is -5.38. The topological polar surface area (TPSA) is 296 Å². The zero-order valence-electron chi connectivity index (χ0n) is 39.2. The number of rotatable bonds is 41. The summed E-state index contributed by atoms with van der Waals surface area (Å²) in [5.74, 6) is -1.31. The molecule has 1 rings (SSSR count). The molecule has 0 saturated heterocycles. The second-order valence-corrected chi connectivity index (χ2v) is 20.1. The van der Waals surface area contributed by atoms with Crippen LogP contribution in [0.3, 0.4) is 0 Å². The van der Waals surface area contributed by atoms with Gasteiger partial charge in [0.15, 0.2) is 6.10 Å². The summed E-state index contributed by atoms with van der Waals surface area (Å²) >= 11 is 0. The van der Waals surface area contributed by atoms with Crippen molar-refractivity contribution in [3.63, 3.8) is 0 Å². The highest BCUT2D eigenvalue weighted by atomic mass is 31.2. The SMILES string of the molecule is CCCCC/C=C\C[C@@H](O)[C@H](O)CCCCCCCC(=O)OC[C@H](COP(=O)(O)O[C@H]1C(O)C(O)C(O)[C@@H](OP(=O)(O)O)C1O)OC(=O)CCCCCCCCCCCCCCCCC. The lowest BCUT2D eigenvalue weighted by Crippen LogP contribution is -2.64. The number of carbonyl (C=O) groups excluding carboxylic acids is 2. The van der Waals surface area contributed by atoms with Gasteiger partial charge in [-0.3, -0.25) is 23.2 Å². The normalized spacial score (nSPS) is 22.7. The molecule has 0 radical (unpaired) electrons. The Hall–Kier alpha value is -1.34. The van der Waals surface area contributed by atoms with Gasteiger partial charge in [0, 0.05) is 12.8 Å². The molecule has 0 bridgehead atoms. The molecule has 0 heterocycles. The summed E-state index contributed by atoms with van der Waals surface area (Å²) in [4.78, 5) is 54.3. The van der Waals surface area contributed by atoms with E-state index in [2.05, 4.69) is 18.4 Å². The summed E-state index contributed by atoms with van der Waals surface area (Å²) in [6, 6.07) is 0. The van der Waals surface area contributed by atoms with E-state index in [0.717, 1.165) is 64.2 Å². The zero-order chi connectivity index (χ0) is 48.5. The summed E-state index contributed by atoms with van der Waals surface area (Å²) in [5, 5.41) is 61.7. The average molecular weight is 977 g/mol. The summed E-state index contributed by atoms with van der Waals surface area (Å²) in [7, 11) is -10.7. The van der Waals surface area contributed by atoms with Crippen LogP contribution in [0.5, 0.6) is 0 Å². The molecule has 1 fully saturated rings. The molecular weight excluding hydrogens is 890 g/mol. The lowest BCUT2D eigenvalue weighted by molar-refractivity contribution is -0.216. The maximum atomic E-state index is 13.0. The maximum absolute atomic E-state index is 13.0. The number of esters is 2. The van der Waals surface area contributed by atoms with Gasteiger partial charge in [-0.25, -0.2) is 9.13 Å². The van der Waals surface area contributed by atoms with Gasteiger partial charge in [0.1, 0.15) is 43.2 Å². The van der Waals surface area contributed by atoms with Gasteiger partial charge in [0.2, 0.25) is 0 Å². The summed E-state index contributed by atoms with van der Waals surface area (Å²) in [5.41, 5.74) is 0. The smallest absolute Gasteiger partial charge is 0.462 e. The van der Waals surface area contributed by atoms with Gasteiger partial charge in [-0.2, -0.15) is 0 Å². The lowest BCUT2D eigenvalue weighted by Gasteiger charge is -2.43. The Labute approximate surface area is 387 Å². The number of aliphatic hydroxyl groups is 6. The number of aliphatic hydroxyl groups excluding tert-OH is 6. The molecule has 0 spiro atoms. The zero-order valence-corrected chi connectivity index (χ0v) is 40.9. The van der Waals surface area contributed by atoms with Crippen molar-refractivity contribution in [3.05, 3.63) is 12.2 Å². The first-order valence-corrected chi connectivity index (χ1v) is 27.4. The Morgan fingerprint density at radius 3 is 1.52 bits per heavy atom. The van der Waals surface area contributed by atoms with Gasteiger partial charge < -0.3 is 54.8 Å². The molecule has 0 aromatic rings. The number of hydrogen-bond acceptors (Lipinski definition) is 15. The molecule has 5 unspecified atom stereocenters. The summed E-state index contributed by atoms with van der Waals surface area (Å²) < 4.78 is 49.3. The molecule has 65 heavy (non-hydrogen) atoms. The first-order valence-electron chi connectivity index (χ1n) is 24.4. The molecular formula is C45H86O18P2. The number of unbranched alkanes of at least 4 members (excludes halogenated alkanes) is 21. The Morgan fingerprint density at radius 2 is 1.00 bits per heavy atom. The Balaban J connectivity index is 2.62. The number of hydrogen-bond donors (Lipinski definition) is 9. The standard InChI is InChI=1S/C45H86O18P2/c1-3-5-7-9-11-12-13-14-15-16-17-18-19-23-28-32-39(49)61-35(34-60-65(57,58)63-45-42(52)40(50)41(51)44(43(45)53)62-64(54,55)56)33-59-38(48)31-27-24-20-22-26-30-37(47)36(46)29-25-21-10-8-6-4-2/h21,25,35-37,40-47,50-53H,3-20,22-24,26-34H2,1-2H3,(H,57,58)(H2,54,55,56)/b25-21-/t35-,36-,37-,40?,41?,42?,43?,44-,45+/m1/s1. The Morgan fingerprint density at radius 1 is 0.538 bits per heavy atom. The summed E-state index contributed by atoms with van der Waals surface area (Å²) in [6.45, 7) is 2.93. The van der Waals surface area contributed by atoms with Gasteiger partial charge in [0.05, 0.1) is 18.8 Å². The van der Waals surface area contributed by atoms with E-state index in [0.29, 0.717) is 38.5 Å². The highest BCUT2D eigenvalue weighted by Crippen LogP contribution is 2.49. The van der Waals surface area contributed by atoms with Crippen LogP contribution < -0.4 is 0 Å². The van der Waals surface area contributed by atoms with Gasteiger partial charge >= 0.3 is 27.6 Å². The van der Waals surface area contributed by atoms with E-state index < -0.39 is 95.7 Å². The van der Waals surface area contributed by atoms with Crippen molar-refractivity contribution in [1.82, 2.24) is 0 Å². The predicted octanol–water partition coefficient (Wildman–Crippen LogP) is 7.12. The molecule has 0 aromatic heterocycles. The van der Waals surface area contributed by atoms with Crippen molar-refractivity contribution in [2.24, 2.45) is 0 Å². The molecule has 20 heteroatoms. The monoisotopic (exact) mass is 977 g/mol. The first-order chi connectivity index (χ1) is 30.9. The molecule has 0 aromatic carbocycles. The Bertz CT molecular complexity index is 1350. The molecule has 1 aliphatic carbocycles. The molecule has 384 valence electrons. The Kier molecular flexibility index (Phi) is 34.7. The largest absolute Gasteiger partial charge is 0.472 e. The third-order valence-corrected chi connectivity index (χ3v) is 13.0. The highest BCUT2D eigenvalue weighted by Gasteiger charge is 2.54. The van der Waals surface area contributed by atoms with E-state index >= 15 is 0 Å². The second kappa shape index (κ2) is 36.6. The quantitative estimate of drug-likeness (QED) is 0.0127. The van der Waals surface area contributed by atoms with Crippen LogP contribution in [0.15, 0.2) is 12.2 Å². The van der Waals surface area contributed by atoms with Crippen molar-refractivity contribution >= 4 is 27.6 Å². The fourth-order valence-corrected chi connectivity index (χ4v) is 9.12. The number of phosphoric acid groups is 2. The highest BCUT2D eigenvalue weighted by molar-refractivity contribution is 7.47. The van der Waals surface area contributed by atoms with E-state index in [1.54, 1.807) is 0 Å². The van der Waals surface area contributed by atoms with Crippen molar-refractivity contribution < 1.29 is 87.1 Å². The number of phosphoric ester groups is 2. The van der Waals surface area contributed by atoms with Crippen LogP contribution in [0, 0.1) is 0 Å². The first kappa shape index (κ1) is 61.7. The summed E-state index contributed by atoms with van der Waals surface area (Å²) in [6.07, 6.45) is 13.2. The van der Waals surface area contributed by atoms with Crippen LogP contribution in [0.2, 0.25) is 0 Å². The lowest BCUT2D eigenvalue weighted by atomic mass is 9.85. The van der Waals surface area contributed by atoms with E-state index in [4.69, 9.17) is 18.5 Å². The van der Waals surface area contributed by atoms with E-state index in [1.165, 1.54) is 64.2 Å². The van der Waals surface area contributed by atoms with Gasteiger partial charge in [-0.05, 0) is 38.5 Å². The second-order valence-electron chi connectivity index (χ2n) is 17.5. The third-order valence-electron chi connectivity index (χ3n) is 11.5.